The van der Waals surface area contributed by atoms with Crippen LogP contribution in [0.1, 0.15) is 30.5 Å². The molecule has 1 aromatic rings. The second-order valence-corrected chi connectivity index (χ2v) is 5.92. The molecule has 4 nitrogen and oxygen atoms in total. The standard InChI is InChI=1S/C15H23N3O/c1-17(2)8-9-18-10-13-14(11-18)16-7-6-15(13)19-12-4-3-5-12/h6-7,12H,3-5,8-11H2,1-2H3. The van der Waals surface area contributed by atoms with Crippen molar-refractivity contribution < 1.29 is 4.74 Å². The summed E-state index contributed by atoms with van der Waals surface area (Å²) in [5.74, 6) is 1.07. The Bertz CT molecular complexity index is 443. The monoisotopic (exact) mass is 261 g/mol. The van der Waals surface area contributed by atoms with E-state index in [-0.39, 0.29) is 0 Å². The fourth-order valence-corrected chi connectivity index (χ4v) is 2.59. The van der Waals surface area contributed by atoms with Crippen molar-refractivity contribution in [3.05, 3.63) is 23.5 Å². The number of hydrogen-bond acceptors (Lipinski definition) is 4. The lowest BCUT2D eigenvalue weighted by atomic mass is 9.96. The molecule has 1 fully saturated rings. The van der Waals surface area contributed by atoms with Crippen LogP contribution in [0.5, 0.6) is 5.75 Å². The van der Waals surface area contributed by atoms with Crippen LogP contribution < -0.4 is 4.74 Å². The van der Waals surface area contributed by atoms with E-state index >= 15 is 0 Å². The third-order valence-electron chi connectivity index (χ3n) is 4.07. The molecule has 0 N–H and O–H groups in total. The molecule has 0 amide bonds. The normalized spacial score (nSPS) is 19.5. The van der Waals surface area contributed by atoms with E-state index in [1.807, 2.05) is 12.3 Å². The molecule has 1 aliphatic carbocycles. The maximum Gasteiger partial charge on any atom is 0.127 e. The Labute approximate surface area is 115 Å². The van der Waals surface area contributed by atoms with E-state index in [1.165, 1.54) is 30.5 Å². The summed E-state index contributed by atoms with van der Waals surface area (Å²) < 4.78 is 6.09. The van der Waals surface area contributed by atoms with Crippen LogP contribution in [0.3, 0.4) is 0 Å². The predicted molar refractivity (Wildman–Crippen MR) is 75.2 cm³/mol. The maximum atomic E-state index is 6.09. The molecule has 104 valence electrons. The summed E-state index contributed by atoms with van der Waals surface area (Å²) in [4.78, 5) is 9.19. The lowest BCUT2D eigenvalue weighted by Gasteiger charge is -2.27. The molecule has 0 radical (unpaired) electrons. The zero-order valence-electron chi connectivity index (χ0n) is 11.9. The van der Waals surface area contributed by atoms with Crippen molar-refractivity contribution in [3.8, 4) is 5.75 Å². The highest BCUT2D eigenvalue weighted by molar-refractivity contribution is 5.38. The van der Waals surface area contributed by atoms with Crippen molar-refractivity contribution in [1.29, 1.82) is 0 Å². The highest BCUT2D eigenvalue weighted by atomic mass is 16.5. The van der Waals surface area contributed by atoms with Gasteiger partial charge in [0.25, 0.3) is 0 Å². The molecule has 0 aromatic carbocycles. The number of ether oxygens (including phenoxy) is 1. The first kappa shape index (κ1) is 12.9. The van der Waals surface area contributed by atoms with Crippen LogP contribution in [-0.4, -0.2) is 48.1 Å². The summed E-state index contributed by atoms with van der Waals surface area (Å²) in [7, 11) is 4.24. The van der Waals surface area contributed by atoms with Gasteiger partial charge in [0.15, 0.2) is 0 Å². The van der Waals surface area contributed by atoms with Crippen LogP contribution in [0.25, 0.3) is 0 Å². The summed E-state index contributed by atoms with van der Waals surface area (Å²) in [6, 6.07) is 2.03. The molecule has 1 saturated carbocycles. The topological polar surface area (TPSA) is 28.6 Å². The molecule has 0 unspecified atom stereocenters. The van der Waals surface area contributed by atoms with Gasteiger partial charge in [0.1, 0.15) is 5.75 Å². The number of likely N-dealkylation sites (N-methyl/N-ethyl adjacent to an activating group) is 1. The lowest BCUT2D eigenvalue weighted by molar-refractivity contribution is 0.118. The molecule has 4 heteroatoms. The SMILES string of the molecule is CN(C)CCN1Cc2nccc(OC3CCC3)c2C1. The third-order valence-corrected chi connectivity index (χ3v) is 4.07. The summed E-state index contributed by atoms with van der Waals surface area (Å²) in [6.45, 7) is 4.13. The van der Waals surface area contributed by atoms with Gasteiger partial charge in [0, 0.05) is 37.9 Å². The fraction of sp³-hybridized carbons (Fsp3) is 0.667. The molecule has 19 heavy (non-hydrogen) atoms. The third kappa shape index (κ3) is 2.90. The average molecular weight is 261 g/mol. The van der Waals surface area contributed by atoms with E-state index in [2.05, 4.69) is 28.9 Å². The van der Waals surface area contributed by atoms with Gasteiger partial charge in [-0.2, -0.15) is 0 Å². The minimum Gasteiger partial charge on any atom is -0.490 e. The molecule has 0 saturated heterocycles. The summed E-state index contributed by atoms with van der Waals surface area (Å²) in [5.41, 5.74) is 2.52. The van der Waals surface area contributed by atoms with Crippen LogP contribution >= 0.6 is 0 Å². The van der Waals surface area contributed by atoms with E-state index < -0.39 is 0 Å². The first-order chi connectivity index (χ1) is 9.22. The van der Waals surface area contributed by atoms with Gasteiger partial charge in [0.05, 0.1) is 11.8 Å². The van der Waals surface area contributed by atoms with Crippen molar-refractivity contribution in [1.82, 2.24) is 14.8 Å². The maximum absolute atomic E-state index is 6.09. The smallest absolute Gasteiger partial charge is 0.127 e. The Morgan fingerprint density at radius 3 is 2.89 bits per heavy atom. The number of nitrogens with zero attached hydrogens (tertiary/aromatic N) is 3. The first-order valence-corrected chi connectivity index (χ1v) is 7.23. The average Bonchev–Trinajstić information content (AvgIpc) is 2.74. The van der Waals surface area contributed by atoms with Gasteiger partial charge in [0.2, 0.25) is 0 Å². The highest BCUT2D eigenvalue weighted by Crippen LogP contribution is 2.32. The summed E-state index contributed by atoms with van der Waals surface area (Å²) in [6.07, 6.45) is 6.07. The minimum atomic E-state index is 0.447. The molecule has 2 heterocycles. The van der Waals surface area contributed by atoms with Crippen molar-refractivity contribution in [2.75, 3.05) is 27.2 Å². The Kier molecular flexibility index (Phi) is 3.71. The zero-order chi connectivity index (χ0) is 13.2. The predicted octanol–water partition coefficient (Wildman–Crippen LogP) is 1.89. The van der Waals surface area contributed by atoms with Gasteiger partial charge in [-0.1, -0.05) is 0 Å². The highest BCUT2D eigenvalue weighted by Gasteiger charge is 2.26. The van der Waals surface area contributed by atoms with Gasteiger partial charge < -0.3 is 9.64 Å². The fourth-order valence-electron chi connectivity index (χ4n) is 2.59. The zero-order valence-corrected chi connectivity index (χ0v) is 11.9. The van der Waals surface area contributed by atoms with E-state index in [9.17, 15) is 0 Å². The Morgan fingerprint density at radius 2 is 2.21 bits per heavy atom. The van der Waals surface area contributed by atoms with Gasteiger partial charge in [-0.05, 0) is 39.4 Å². The first-order valence-electron chi connectivity index (χ1n) is 7.23. The van der Waals surface area contributed by atoms with Crippen LogP contribution in [0, 0.1) is 0 Å². The van der Waals surface area contributed by atoms with Gasteiger partial charge in [-0.15, -0.1) is 0 Å². The van der Waals surface area contributed by atoms with Crippen molar-refractivity contribution in [2.24, 2.45) is 0 Å². The second-order valence-electron chi connectivity index (χ2n) is 5.92. The molecule has 0 spiro atoms. The molecular formula is C15H23N3O. The van der Waals surface area contributed by atoms with Crippen molar-refractivity contribution in [2.45, 2.75) is 38.5 Å². The summed E-state index contributed by atoms with van der Waals surface area (Å²) in [5, 5.41) is 0. The van der Waals surface area contributed by atoms with Crippen molar-refractivity contribution in [3.63, 3.8) is 0 Å². The largest absolute Gasteiger partial charge is 0.490 e. The molecule has 0 bridgehead atoms. The molecule has 2 aliphatic rings. The molecule has 1 aromatic heterocycles. The number of rotatable bonds is 5. The van der Waals surface area contributed by atoms with Gasteiger partial charge >= 0.3 is 0 Å². The second kappa shape index (κ2) is 5.47. The van der Waals surface area contributed by atoms with Crippen molar-refractivity contribution >= 4 is 0 Å². The number of pyridine rings is 1. The Balaban J connectivity index is 1.66. The molecule has 1 aliphatic heterocycles. The van der Waals surface area contributed by atoms with E-state index in [1.54, 1.807) is 0 Å². The van der Waals surface area contributed by atoms with E-state index in [4.69, 9.17) is 4.74 Å². The van der Waals surface area contributed by atoms with Crippen LogP contribution in [0.4, 0.5) is 0 Å². The van der Waals surface area contributed by atoms with E-state index in [0.717, 1.165) is 31.9 Å². The quantitative estimate of drug-likeness (QED) is 0.809. The lowest BCUT2D eigenvalue weighted by Crippen LogP contribution is -2.28. The van der Waals surface area contributed by atoms with Gasteiger partial charge in [-0.25, -0.2) is 0 Å². The molecular weight excluding hydrogens is 238 g/mol. The number of hydrogen-bond donors (Lipinski definition) is 0. The number of aromatic nitrogens is 1. The molecule has 3 rings (SSSR count). The Hall–Kier alpha value is -1.13. The van der Waals surface area contributed by atoms with Gasteiger partial charge in [-0.3, -0.25) is 9.88 Å². The molecule has 0 atom stereocenters. The Morgan fingerprint density at radius 1 is 1.37 bits per heavy atom. The van der Waals surface area contributed by atoms with Crippen LogP contribution in [-0.2, 0) is 13.1 Å². The van der Waals surface area contributed by atoms with Crippen LogP contribution in [0.2, 0.25) is 0 Å². The van der Waals surface area contributed by atoms with Crippen LogP contribution in [0.15, 0.2) is 12.3 Å². The number of fused-ring (bicyclic) bond motifs is 1. The van der Waals surface area contributed by atoms with E-state index in [0.29, 0.717) is 6.10 Å². The summed E-state index contributed by atoms with van der Waals surface area (Å²) >= 11 is 0. The minimum absolute atomic E-state index is 0.447.